The zero-order valence-corrected chi connectivity index (χ0v) is 11.7. The fraction of sp³-hybridized carbons (Fsp3) is 0.333. The van der Waals surface area contributed by atoms with Crippen molar-refractivity contribution in [3.05, 3.63) is 42.0 Å². The van der Waals surface area contributed by atoms with Crippen LogP contribution in [0, 0.1) is 0 Å². The Hall–Kier alpha value is -2.14. The van der Waals surface area contributed by atoms with Gasteiger partial charge >= 0.3 is 5.97 Å². The molecule has 0 bridgehead atoms. The van der Waals surface area contributed by atoms with Gasteiger partial charge in [0.2, 0.25) is 5.91 Å². The van der Waals surface area contributed by atoms with Crippen molar-refractivity contribution in [1.29, 1.82) is 0 Å². The van der Waals surface area contributed by atoms with Crippen LogP contribution in [-0.4, -0.2) is 38.7 Å². The Kier molecular flexibility index (Phi) is 7.06. The zero-order valence-electron chi connectivity index (χ0n) is 11.7. The highest BCUT2D eigenvalue weighted by molar-refractivity contribution is 5.85. The molecule has 108 valence electrons. The molecule has 1 aromatic carbocycles. The molecule has 0 aliphatic rings. The summed E-state index contributed by atoms with van der Waals surface area (Å²) in [6, 6.07) is 8.98. The van der Waals surface area contributed by atoms with E-state index in [-0.39, 0.29) is 12.5 Å². The van der Waals surface area contributed by atoms with E-state index in [0.717, 1.165) is 5.56 Å². The average Bonchev–Trinajstić information content (AvgIpc) is 2.46. The van der Waals surface area contributed by atoms with Crippen molar-refractivity contribution < 1.29 is 19.1 Å². The number of hydrogen-bond acceptors (Lipinski definition) is 4. The fourth-order valence-electron chi connectivity index (χ4n) is 1.63. The highest BCUT2D eigenvalue weighted by Crippen LogP contribution is 2.04. The van der Waals surface area contributed by atoms with E-state index in [9.17, 15) is 9.59 Å². The van der Waals surface area contributed by atoms with Gasteiger partial charge in [-0.3, -0.25) is 4.79 Å². The first kappa shape index (κ1) is 15.9. The second kappa shape index (κ2) is 8.87. The lowest BCUT2D eigenvalue weighted by Crippen LogP contribution is -2.42. The summed E-state index contributed by atoms with van der Waals surface area (Å²) in [4.78, 5) is 23.0. The molecule has 0 aliphatic carbocycles. The highest BCUT2D eigenvalue weighted by Gasteiger charge is 2.19. The number of nitrogens with one attached hydrogen (secondary N) is 1. The van der Waals surface area contributed by atoms with Gasteiger partial charge in [0.1, 0.15) is 12.6 Å². The maximum Gasteiger partial charge on any atom is 0.328 e. The molecule has 0 aromatic heterocycles. The van der Waals surface area contributed by atoms with Crippen LogP contribution in [0.2, 0.25) is 0 Å². The second-order valence-electron chi connectivity index (χ2n) is 4.13. The van der Waals surface area contributed by atoms with Gasteiger partial charge in [-0.1, -0.05) is 42.5 Å². The molecular formula is C15H19NO4. The molecular weight excluding hydrogens is 258 g/mol. The van der Waals surface area contributed by atoms with Gasteiger partial charge in [0.25, 0.3) is 0 Å². The Morgan fingerprint density at radius 1 is 1.25 bits per heavy atom. The minimum absolute atomic E-state index is 0.0874. The fourth-order valence-corrected chi connectivity index (χ4v) is 1.63. The lowest BCUT2D eigenvalue weighted by atomic mass is 10.1. The molecule has 1 atom stereocenters. The number of ether oxygens (including phenoxy) is 2. The number of methoxy groups -OCH3 is 2. The third-order valence-corrected chi connectivity index (χ3v) is 2.58. The van der Waals surface area contributed by atoms with E-state index in [0.29, 0.717) is 6.42 Å². The molecule has 1 amide bonds. The normalized spacial score (nSPS) is 12.1. The van der Waals surface area contributed by atoms with Crippen LogP contribution in [0.4, 0.5) is 0 Å². The molecule has 0 heterocycles. The Morgan fingerprint density at radius 3 is 2.55 bits per heavy atom. The van der Waals surface area contributed by atoms with Gasteiger partial charge < -0.3 is 14.8 Å². The predicted molar refractivity (Wildman–Crippen MR) is 75.9 cm³/mol. The summed E-state index contributed by atoms with van der Waals surface area (Å²) in [5.41, 5.74) is 1.03. The maximum atomic E-state index is 11.6. The summed E-state index contributed by atoms with van der Waals surface area (Å²) in [6.45, 7) is -0.0874. The number of benzene rings is 1. The average molecular weight is 277 g/mol. The molecule has 0 saturated heterocycles. The molecule has 1 aromatic rings. The maximum absolute atomic E-state index is 11.6. The molecule has 5 nitrogen and oxygen atoms in total. The van der Waals surface area contributed by atoms with Crippen LogP contribution >= 0.6 is 0 Å². The molecule has 20 heavy (non-hydrogen) atoms. The van der Waals surface area contributed by atoms with Crippen LogP contribution in [0.15, 0.2) is 36.4 Å². The van der Waals surface area contributed by atoms with Gasteiger partial charge in [-0.05, 0) is 12.0 Å². The topological polar surface area (TPSA) is 64.6 Å². The standard InChI is InChI=1S/C15H19NO4/c1-19-11-14(17)16-13(15(18)20-2)10-6-9-12-7-4-3-5-8-12/h3-9,13H,10-11H2,1-2H3,(H,16,17)/b9-6+/t13-/m0/s1. The summed E-state index contributed by atoms with van der Waals surface area (Å²) < 4.78 is 9.38. The number of rotatable bonds is 7. The number of amides is 1. The van der Waals surface area contributed by atoms with E-state index in [2.05, 4.69) is 10.1 Å². The zero-order chi connectivity index (χ0) is 14.8. The third-order valence-electron chi connectivity index (χ3n) is 2.58. The van der Waals surface area contributed by atoms with Crippen molar-refractivity contribution in [2.24, 2.45) is 0 Å². The van der Waals surface area contributed by atoms with Crippen LogP contribution in [0.5, 0.6) is 0 Å². The van der Waals surface area contributed by atoms with E-state index in [1.807, 2.05) is 42.5 Å². The SMILES string of the molecule is COCC(=O)N[C@@H](C/C=C/c1ccccc1)C(=O)OC. The van der Waals surface area contributed by atoms with Crippen molar-refractivity contribution in [2.45, 2.75) is 12.5 Å². The first-order valence-electron chi connectivity index (χ1n) is 6.25. The van der Waals surface area contributed by atoms with Crippen molar-refractivity contribution in [2.75, 3.05) is 20.8 Å². The molecule has 0 spiro atoms. The minimum Gasteiger partial charge on any atom is -0.467 e. The smallest absolute Gasteiger partial charge is 0.328 e. The van der Waals surface area contributed by atoms with E-state index in [1.165, 1.54) is 14.2 Å². The largest absolute Gasteiger partial charge is 0.467 e. The van der Waals surface area contributed by atoms with Crippen LogP contribution in [0.1, 0.15) is 12.0 Å². The van der Waals surface area contributed by atoms with Crippen molar-refractivity contribution in [3.63, 3.8) is 0 Å². The number of hydrogen-bond donors (Lipinski definition) is 1. The quantitative estimate of drug-likeness (QED) is 0.765. The molecule has 0 fully saturated rings. The van der Waals surface area contributed by atoms with Crippen LogP contribution < -0.4 is 5.32 Å². The Labute approximate surface area is 118 Å². The predicted octanol–water partition coefficient (Wildman–Crippen LogP) is 1.39. The number of carbonyl (C=O) groups is 2. The summed E-state index contributed by atoms with van der Waals surface area (Å²) >= 11 is 0. The second-order valence-corrected chi connectivity index (χ2v) is 4.13. The Morgan fingerprint density at radius 2 is 1.95 bits per heavy atom. The van der Waals surface area contributed by atoms with E-state index in [4.69, 9.17) is 4.74 Å². The number of esters is 1. The summed E-state index contributed by atoms with van der Waals surface area (Å²) in [5, 5.41) is 2.57. The molecule has 5 heteroatoms. The van der Waals surface area contributed by atoms with Crippen molar-refractivity contribution in [1.82, 2.24) is 5.32 Å². The van der Waals surface area contributed by atoms with Gasteiger partial charge in [0.15, 0.2) is 0 Å². The van der Waals surface area contributed by atoms with Gasteiger partial charge in [-0.25, -0.2) is 4.79 Å². The molecule has 0 saturated carbocycles. The highest BCUT2D eigenvalue weighted by atomic mass is 16.5. The Balaban J connectivity index is 2.59. The van der Waals surface area contributed by atoms with Crippen LogP contribution in [0.3, 0.4) is 0 Å². The lowest BCUT2D eigenvalue weighted by molar-refractivity contribution is -0.145. The number of carbonyl (C=O) groups excluding carboxylic acids is 2. The monoisotopic (exact) mass is 277 g/mol. The molecule has 1 rings (SSSR count). The summed E-state index contributed by atoms with van der Waals surface area (Å²) in [6.07, 6.45) is 4.07. The van der Waals surface area contributed by atoms with E-state index in [1.54, 1.807) is 0 Å². The van der Waals surface area contributed by atoms with Crippen LogP contribution in [0.25, 0.3) is 6.08 Å². The van der Waals surface area contributed by atoms with Crippen molar-refractivity contribution in [3.8, 4) is 0 Å². The first-order valence-corrected chi connectivity index (χ1v) is 6.25. The van der Waals surface area contributed by atoms with Crippen molar-refractivity contribution >= 4 is 18.0 Å². The van der Waals surface area contributed by atoms with E-state index < -0.39 is 12.0 Å². The van der Waals surface area contributed by atoms with Crippen LogP contribution in [-0.2, 0) is 19.1 Å². The van der Waals surface area contributed by atoms with Gasteiger partial charge in [-0.15, -0.1) is 0 Å². The molecule has 0 unspecified atom stereocenters. The Bertz CT molecular complexity index is 456. The van der Waals surface area contributed by atoms with Gasteiger partial charge in [-0.2, -0.15) is 0 Å². The third kappa shape index (κ3) is 5.67. The first-order chi connectivity index (χ1) is 9.67. The van der Waals surface area contributed by atoms with Gasteiger partial charge in [0, 0.05) is 7.11 Å². The van der Waals surface area contributed by atoms with Gasteiger partial charge in [0.05, 0.1) is 7.11 Å². The summed E-state index contributed by atoms with van der Waals surface area (Å²) in [7, 11) is 2.71. The molecule has 0 aliphatic heterocycles. The molecule has 0 radical (unpaired) electrons. The summed E-state index contributed by atoms with van der Waals surface area (Å²) in [5.74, 6) is -0.830. The lowest BCUT2D eigenvalue weighted by Gasteiger charge is -2.14. The minimum atomic E-state index is -0.706. The molecule has 1 N–H and O–H groups in total. The van der Waals surface area contributed by atoms with E-state index >= 15 is 0 Å².